The largest absolute Gasteiger partial charge is 0.490 e. The van der Waals surface area contributed by atoms with Crippen LogP contribution in [-0.4, -0.2) is 26.7 Å². The third-order valence-electron chi connectivity index (χ3n) is 1.58. The van der Waals surface area contributed by atoms with Crippen molar-refractivity contribution >= 4 is 21.6 Å². The van der Waals surface area contributed by atoms with E-state index < -0.39 is 10.0 Å². The summed E-state index contributed by atoms with van der Waals surface area (Å²) < 4.78 is 26.9. The number of hydrogen-bond acceptors (Lipinski definition) is 4. The fraction of sp³-hybridized carbons (Fsp3) is 0.250. The Morgan fingerprint density at radius 3 is 2.60 bits per heavy atom. The van der Waals surface area contributed by atoms with E-state index in [4.69, 9.17) is 26.6 Å². The van der Waals surface area contributed by atoms with Crippen LogP contribution in [0.1, 0.15) is 0 Å². The number of nitrogens with two attached hydrogens (primary N) is 1. The SMILES string of the molecule is NS(=O)(=O)c1ccc(OCCO)c(Cl)c1. The summed E-state index contributed by atoms with van der Waals surface area (Å²) in [6, 6.07) is 3.87. The first-order valence-electron chi connectivity index (χ1n) is 4.01. The second-order valence-electron chi connectivity index (χ2n) is 2.71. The molecular formula is C8H10ClNO4S. The molecule has 84 valence electrons. The summed E-state index contributed by atoms with van der Waals surface area (Å²) in [5.74, 6) is 0.304. The lowest BCUT2D eigenvalue weighted by atomic mass is 10.3. The van der Waals surface area contributed by atoms with Gasteiger partial charge in [-0.2, -0.15) is 0 Å². The molecule has 0 radical (unpaired) electrons. The maximum Gasteiger partial charge on any atom is 0.238 e. The summed E-state index contributed by atoms with van der Waals surface area (Å²) in [6.07, 6.45) is 0. The van der Waals surface area contributed by atoms with Gasteiger partial charge in [-0.15, -0.1) is 0 Å². The monoisotopic (exact) mass is 251 g/mol. The van der Waals surface area contributed by atoms with Crippen LogP contribution in [0.4, 0.5) is 0 Å². The predicted molar refractivity (Wildman–Crippen MR) is 55.4 cm³/mol. The first-order valence-corrected chi connectivity index (χ1v) is 5.93. The zero-order chi connectivity index (χ0) is 11.5. The molecule has 1 aromatic rings. The molecule has 0 unspecified atom stereocenters. The van der Waals surface area contributed by atoms with Crippen molar-refractivity contribution in [1.29, 1.82) is 0 Å². The first-order chi connectivity index (χ1) is 6.95. The number of hydrogen-bond donors (Lipinski definition) is 2. The Kier molecular flexibility index (Phi) is 3.92. The van der Waals surface area contributed by atoms with E-state index in [-0.39, 0.29) is 23.1 Å². The minimum absolute atomic E-state index is 0.0798. The van der Waals surface area contributed by atoms with E-state index in [1.807, 2.05) is 0 Å². The van der Waals surface area contributed by atoms with Gasteiger partial charge in [-0.25, -0.2) is 13.6 Å². The number of benzene rings is 1. The summed E-state index contributed by atoms with van der Waals surface area (Å²) >= 11 is 5.74. The fourth-order valence-corrected chi connectivity index (χ4v) is 1.77. The third kappa shape index (κ3) is 3.35. The van der Waals surface area contributed by atoms with Gasteiger partial charge in [-0.05, 0) is 18.2 Å². The lowest BCUT2D eigenvalue weighted by molar-refractivity contribution is 0.201. The van der Waals surface area contributed by atoms with Crippen LogP contribution < -0.4 is 9.88 Å². The molecule has 1 rings (SSSR count). The maximum atomic E-state index is 10.9. The van der Waals surface area contributed by atoms with Crippen LogP contribution >= 0.6 is 11.6 Å². The van der Waals surface area contributed by atoms with Gasteiger partial charge in [0, 0.05) is 0 Å². The molecule has 0 heterocycles. The zero-order valence-corrected chi connectivity index (χ0v) is 9.25. The highest BCUT2D eigenvalue weighted by atomic mass is 35.5. The Labute approximate surface area is 92.5 Å². The summed E-state index contributed by atoms with van der Waals surface area (Å²) in [4.78, 5) is -0.0798. The Morgan fingerprint density at radius 1 is 1.47 bits per heavy atom. The fourth-order valence-electron chi connectivity index (χ4n) is 0.931. The van der Waals surface area contributed by atoms with Crippen molar-refractivity contribution in [3.63, 3.8) is 0 Å². The Balaban J connectivity index is 2.99. The summed E-state index contributed by atoms with van der Waals surface area (Å²) in [7, 11) is -3.75. The van der Waals surface area contributed by atoms with Gasteiger partial charge in [-0.1, -0.05) is 11.6 Å². The van der Waals surface area contributed by atoms with E-state index in [1.54, 1.807) is 0 Å². The van der Waals surface area contributed by atoms with E-state index in [2.05, 4.69) is 0 Å². The molecule has 0 amide bonds. The van der Waals surface area contributed by atoms with Gasteiger partial charge in [0.15, 0.2) is 0 Å². The summed E-state index contributed by atoms with van der Waals surface area (Å²) in [6.45, 7) is -0.0539. The lowest BCUT2D eigenvalue weighted by Gasteiger charge is -2.07. The molecule has 5 nitrogen and oxygen atoms in total. The van der Waals surface area contributed by atoms with Crippen LogP contribution in [0.25, 0.3) is 0 Å². The Bertz CT molecular complexity index is 446. The van der Waals surface area contributed by atoms with E-state index in [1.165, 1.54) is 18.2 Å². The molecular weight excluding hydrogens is 242 g/mol. The number of ether oxygens (including phenoxy) is 1. The summed E-state index contributed by atoms with van der Waals surface area (Å²) in [5.41, 5.74) is 0. The number of aliphatic hydroxyl groups excluding tert-OH is 1. The predicted octanol–water partition coefficient (Wildman–Crippen LogP) is 0.359. The van der Waals surface area contributed by atoms with Gasteiger partial charge in [0.2, 0.25) is 10.0 Å². The Morgan fingerprint density at radius 2 is 2.13 bits per heavy atom. The van der Waals surface area contributed by atoms with Gasteiger partial charge in [-0.3, -0.25) is 0 Å². The minimum atomic E-state index is -3.75. The number of sulfonamides is 1. The second-order valence-corrected chi connectivity index (χ2v) is 4.68. The van der Waals surface area contributed by atoms with Gasteiger partial charge in [0.1, 0.15) is 12.4 Å². The van der Waals surface area contributed by atoms with Crippen LogP contribution in [0.3, 0.4) is 0 Å². The van der Waals surface area contributed by atoms with E-state index in [9.17, 15) is 8.42 Å². The number of halogens is 1. The molecule has 0 atom stereocenters. The molecule has 1 aromatic carbocycles. The molecule has 7 heteroatoms. The topological polar surface area (TPSA) is 89.6 Å². The number of primary sulfonamides is 1. The van der Waals surface area contributed by atoms with Crippen molar-refractivity contribution in [2.24, 2.45) is 5.14 Å². The van der Waals surface area contributed by atoms with Crippen LogP contribution in [-0.2, 0) is 10.0 Å². The molecule has 0 spiro atoms. The van der Waals surface area contributed by atoms with Gasteiger partial charge >= 0.3 is 0 Å². The third-order valence-corrected chi connectivity index (χ3v) is 2.79. The van der Waals surface area contributed by atoms with E-state index >= 15 is 0 Å². The standard InChI is InChI=1S/C8H10ClNO4S/c9-7-5-6(15(10,12)13)1-2-8(7)14-4-3-11/h1-2,5,11H,3-4H2,(H2,10,12,13). The molecule has 15 heavy (non-hydrogen) atoms. The van der Waals surface area contributed by atoms with Crippen LogP contribution in [0.2, 0.25) is 5.02 Å². The first kappa shape index (κ1) is 12.3. The molecule has 0 aliphatic heterocycles. The molecule has 3 N–H and O–H groups in total. The average molecular weight is 252 g/mol. The molecule has 0 saturated carbocycles. The van der Waals surface area contributed by atoms with Crippen molar-refractivity contribution in [2.75, 3.05) is 13.2 Å². The quantitative estimate of drug-likeness (QED) is 0.809. The summed E-state index contributed by atoms with van der Waals surface area (Å²) in [5, 5.41) is 13.6. The molecule has 0 fully saturated rings. The maximum absolute atomic E-state index is 10.9. The minimum Gasteiger partial charge on any atom is -0.490 e. The highest BCUT2D eigenvalue weighted by molar-refractivity contribution is 7.89. The van der Waals surface area contributed by atoms with Crippen molar-refractivity contribution in [1.82, 2.24) is 0 Å². The van der Waals surface area contributed by atoms with Crippen LogP contribution in [0.5, 0.6) is 5.75 Å². The van der Waals surface area contributed by atoms with E-state index in [0.717, 1.165) is 0 Å². The second kappa shape index (κ2) is 4.80. The average Bonchev–Trinajstić information content (AvgIpc) is 2.14. The smallest absolute Gasteiger partial charge is 0.238 e. The van der Waals surface area contributed by atoms with E-state index in [0.29, 0.717) is 5.75 Å². The molecule has 0 aliphatic carbocycles. The van der Waals surface area contributed by atoms with Gasteiger partial charge < -0.3 is 9.84 Å². The van der Waals surface area contributed by atoms with Crippen molar-refractivity contribution in [2.45, 2.75) is 4.90 Å². The molecule has 0 bridgehead atoms. The zero-order valence-electron chi connectivity index (χ0n) is 7.68. The normalized spacial score (nSPS) is 11.4. The van der Waals surface area contributed by atoms with Crippen LogP contribution in [0, 0.1) is 0 Å². The van der Waals surface area contributed by atoms with Gasteiger partial charge in [0.05, 0.1) is 16.5 Å². The number of rotatable bonds is 4. The van der Waals surface area contributed by atoms with Crippen LogP contribution in [0.15, 0.2) is 23.1 Å². The van der Waals surface area contributed by atoms with Crippen molar-refractivity contribution in [3.8, 4) is 5.75 Å². The molecule has 0 saturated heterocycles. The highest BCUT2D eigenvalue weighted by Gasteiger charge is 2.10. The van der Waals surface area contributed by atoms with Crippen molar-refractivity contribution in [3.05, 3.63) is 23.2 Å². The highest BCUT2D eigenvalue weighted by Crippen LogP contribution is 2.26. The molecule has 0 aromatic heterocycles. The van der Waals surface area contributed by atoms with Gasteiger partial charge in [0.25, 0.3) is 0 Å². The molecule has 0 aliphatic rings. The Hall–Kier alpha value is -0.820. The number of aliphatic hydroxyl groups is 1. The van der Waals surface area contributed by atoms with Crippen molar-refractivity contribution < 1.29 is 18.3 Å². The lowest BCUT2D eigenvalue weighted by Crippen LogP contribution is -2.12.